The lowest BCUT2D eigenvalue weighted by Gasteiger charge is -2.40. The van der Waals surface area contributed by atoms with Crippen LogP contribution in [0.1, 0.15) is 83.7 Å². The molecular formula is C49H49N9O8S2. The molecule has 0 bridgehead atoms. The Bertz CT molecular complexity index is 2870. The number of aliphatic hydroxyl groups is 1. The molecule has 3 saturated heterocycles. The molecule has 5 aromatic rings. The van der Waals surface area contributed by atoms with E-state index in [4.69, 9.17) is 0 Å². The van der Waals surface area contributed by atoms with E-state index < -0.39 is 33.6 Å². The maximum atomic E-state index is 14.0. The SMILES string of the molecule is O=C1CCC(Nc2ccc(N3CCC(O)(CC(=O)N4CCC(NC(=O)c5ccc(C#Cc6ccc7c(c6)S(=O)(=O)N(C(C(=O)Nc6nccs6)c6ccccc6)C7)cn5)CC4)CC3)cc2)C(=O)N1. The first-order valence-electron chi connectivity index (χ1n) is 22.4. The number of sulfonamides is 1. The first-order chi connectivity index (χ1) is 32.8. The van der Waals surface area contributed by atoms with Crippen molar-refractivity contribution >= 4 is 67.4 Å². The number of anilines is 3. The van der Waals surface area contributed by atoms with E-state index in [9.17, 15) is 37.5 Å². The summed E-state index contributed by atoms with van der Waals surface area (Å²) in [7, 11) is -4.10. The molecule has 0 saturated carbocycles. The highest BCUT2D eigenvalue weighted by atomic mass is 32.2. The number of nitrogens with zero attached hydrogens (tertiary/aromatic N) is 5. The van der Waals surface area contributed by atoms with Gasteiger partial charge in [-0.05, 0) is 91.8 Å². The van der Waals surface area contributed by atoms with Crippen LogP contribution in [-0.4, -0.2) is 106 Å². The number of likely N-dealkylation sites (tertiary alicyclic amines) is 1. The third kappa shape index (κ3) is 10.4. The minimum Gasteiger partial charge on any atom is -0.389 e. The van der Waals surface area contributed by atoms with Crippen LogP contribution < -0.4 is 26.2 Å². The zero-order chi connectivity index (χ0) is 47.4. The summed E-state index contributed by atoms with van der Waals surface area (Å²) in [5.41, 5.74) is 2.87. The van der Waals surface area contributed by atoms with Crippen molar-refractivity contribution in [2.24, 2.45) is 0 Å². The Kier molecular flexibility index (Phi) is 13.4. The van der Waals surface area contributed by atoms with E-state index in [0.717, 1.165) is 11.4 Å². The van der Waals surface area contributed by atoms with E-state index >= 15 is 0 Å². The Hall–Kier alpha value is -6.98. The van der Waals surface area contributed by atoms with Crippen molar-refractivity contribution in [1.29, 1.82) is 0 Å². The first kappa shape index (κ1) is 46.1. The van der Waals surface area contributed by atoms with Gasteiger partial charge in [-0.2, -0.15) is 4.31 Å². The average molecular weight is 956 g/mol. The summed E-state index contributed by atoms with van der Waals surface area (Å²) in [4.78, 5) is 76.2. The average Bonchev–Trinajstić information content (AvgIpc) is 3.95. The molecule has 0 spiro atoms. The number of hydrogen-bond acceptors (Lipinski definition) is 13. The molecule has 68 heavy (non-hydrogen) atoms. The zero-order valence-electron chi connectivity index (χ0n) is 36.9. The van der Waals surface area contributed by atoms with Gasteiger partial charge in [0.05, 0.1) is 16.9 Å². The summed E-state index contributed by atoms with van der Waals surface area (Å²) in [5, 5.41) is 24.8. The van der Waals surface area contributed by atoms with Gasteiger partial charge < -0.3 is 30.9 Å². The highest BCUT2D eigenvalue weighted by Crippen LogP contribution is 2.38. The Morgan fingerprint density at radius 3 is 2.32 bits per heavy atom. The summed E-state index contributed by atoms with van der Waals surface area (Å²) in [6, 6.07) is 22.9. The van der Waals surface area contributed by atoms with Crippen molar-refractivity contribution in [3.05, 3.63) is 131 Å². The lowest BCUT2D eigenvalue weighted by atomic mass is 9.87. The van der Waals surface area contributed by atoms with Crippen LogP contribution in [0.4, 0.5) is 16.5 Å². The predicted octanol–water partition coefficient (Wildman–Crippen LogP) is 4.18. The van der Waals surface area contributed by atoms with Crippen LogP contribution in [0.3, 0.4) is 0 Å². The standard InChI is InChI=1S/C49H49N9O8S2/c59-42-17-16-40(46(62)54-42)52-36-11-13-38(14-12-36)56-25-20-49(64,21-26-56)29-43(60)57-23-18-37(19-24-57)53-45(61)39-15-9-33(30-51-39)7-6-32-8-10-35-31-58(68(65,66)41(35)28-32)44(34-4-2-1-3-5-34)47(63)55-48-50-22-27-67-48/h1-5,8-15,22,27-28,30,37,40,44,52,64H,16-21,23-26,29,31H2,(H,53,61)(H,50,55,63)(H,54,59,62). The smallest absolute Gasteiger partial charge is 0.270 e. The van der Waals surface area contributed by atoms with E-state index in [1.165, 1.54) is 27.9 Å². The molecule has 9 rings (SSSR count). The van der Waals surface area contributed by atoms with Crippen LogP contribution in [-0.2, 0) is 35.7 Å². The molecule has 5 N–H and O–H groups in total. The van der Waals surface area contributed by atoms with Gasteiger partial charge in [0.15, 0.2) is 5.13 Å². The fourth-order valence-electron chi connectivity index (χ4n) is 8.99. The molecule has 2 unspecified atom stereocenters. The van der Waals surface area contributed by atoms with Crippen LogP contribution in [0.15, 0.2) is 108 Å². The summed E-state index contributed by atoms with van der Waals surface area (Å²) >= 11 is 1.24. The van der Waals surface area contributed by atoms with Crippen molar-refractivity contribution in [2.45, 2.75) is 80.1 Å². The number of piperidine rings is 3. The third-order valence-electron chi connectivity index (χ3n) is 12.8. The van der Waals surface area contributed by atoms with Crippen LogP contribution >= 0.6 is 11.3 Å². The Morgan fingerprint density at radius 1 is 0.897 bits per heavy atom. The van der Waals surface area contributed by atoms with E-state index in [1.807, 2.05) is 24.3 Å². The minimum absolute atomic E-state index is 0.00132. The molecule has 17 nitrogen and oxygen atoms in total. The second-order valence-electron chi connectivity index (χ2n) is 17.4. The quantitative estimate of drug-likeness (QED) is 0.0930. The lowest BCUT2D eigenvalue weighted by Crippen LogP contribution is -2.50. The largest absolute Gasteiger partial charge is 0.389 e. The molecule has 19 heteroatoms. The lowest BCUT2D eigenvalue weighted by molar-refractivity contribution is -0.138. The van der Waals surface area contributed by atoms with Gasteiger partial charge in [0.1, 0.15) is 17.8 Å². The number of carbonyl (C=O) groups is 5. The Morgan fingerprint density at radius 2 is 1.63 bits per heavy atom. The Labute approximate surface area is 397 Å². The first-order valence-corrected chi connectivity index (χ1v) is 24.8. The number of carbonyl (C=O) groups excluding carboxylic acids is 5. The van der Waals surface area contributed by atoms with Crippen LogP contribution in [0.25, 0.3) is 0 Å². The predicted molar refractivity (Wildman–Crippen MR) is 254 cm³/mol. The van der Waals surface area contributed by atoms with Crippen LogP contribution in [0.2, 0.25) is 0 Å². The van der Waals surface area contributed by atoms with E-state index in [-0.39, 0.29) is 53.2 Å². The van der Waals surface area contributed by atoms with Gasteiger partial charge in [-0.15, -0.1) is 11.3 Å². The fraction of sp³-hybridized carbons (Fsp3) is 0.327. The maximum absolute atomic E-state index is 14.0. The molecule has 350 valence electrons. The van der Waals surface area contributed by atoms with Gasteiger partial charge in [0.2, 0.25) is 33.7 Å². The van der Waals surface area contributed by atoms with Gasteiger partial charge in [-0.25, -0.2) is 18.4 Å². The topological polar surface area (TPSA) is 223 Å². The van der Waals surface area contributed by atoms with Gasteiger partial charge in [0.25, 0.3) is 5.91 Å². The second-order valence-corrected chi connectivity index (χ2v) is 20.2. The van der Waals surface area contributed by atoms with Gasteiger partial charge in [0, 0.05) is 85.5 Å². The molecule has 2 atom stereocenters. The minimum atomic E-state index is -4.10. The van der Waals surface area contributed by atoms with E-state index in [1.54, 1.807) is 71.1 Å². The number of imide groups is 1. The van der Waals surface area contributed by atoms with Crippen molar-refractivity contribution in [3.8, 4) is 11.8 Å². The van der Waals surface area contributed by atoms with Crippen molar-refractivity contribution in [3.63, 3.8) is 0 Å². The van der Waals surface area contributed by atoms with Crippen molar-refractivity contribution < 1.29 is 37.5 Å². The molecule has 2 aromatic heterocycles. The highest BCUT2D eigenvalue weighted by molar-refractivity contribution is 7.89. The number of rotatable bonds is 11. The van der Waals surface area contributed by atoms with Crippen molar-refractivity contribution in [1.82, 2.24) is 29.8 Å². The van der Waals surface area contributed by atoms with Crippen molar-refractivity contribution in [2.75, 3.05) is 41.7 Å². The van der Waals surface area contributed by atoms with Crippen LogP contribution in [0.5, 0.6) is 0 Å². The monoisotopic (exact) mass is 955 g/mol. The number of thiazole rings is 1. The van der Waals surface area contributed by atoms with E-state index in [2.05, 4.69) is 48.0 Å². The third-order valence-corrected chi connectivity index (χ3v) is 15.4. The summed E-state index contributed by atoms with van der Waals surface area (Å²) in [6.45, 7) is 2.06. The zero-order valence-corrected chi connectivity index (χ0v) is 38.5. The number of aromatic nitrogens is 2. The number of pyridine rings is 1. The molecule has 4 aliphatic heterocycles. The molecule has 3 fully saturated rings. The molecule has 4 aliphatic rings. The summed E-state index contributed by atoms with van der Waals surface area (Å²) in [5.74, 6) is 4.45. The van der Waals surface area contributed by atoms with Crippen LogP contribution in [0, 0.1) is 11.8 Å². The second kappa shape index (κ2) is 19.7. The molecule has 5 amide bonds. The number of hydrogen-bond donors (Lipinski definition) is 5. The summed E-state index contributed by atoms with van der Waals surface area (Å²) in [6.07, 6.45) is 5.79. The molecule has 0 radical (unpaired) electrons. The highest BCUT2D eigenvalue weighted by Gasteiger charge is 2.43. The molecule has 3 aromatic carbocycles. The number of nitrogens with one attached hydrogen (secondary N) is 4. The number of amides is 5. The summed E-state index contributed by atoms with van der Waals surface area (Å²) < 4.78 is 29.2. The van der Waals surface area contributed by atoms with Gasteiger partial charge in [-0.3, -0.25) is 29.3 Å². The number of fused-ring (bicyclic) bond motifs is 1. The fourth-order valence-corrected chi connectivity index (χ4v) is 11.3. The maximum Gasteiger partial charge on any atom is 0.270 e. The number of benzene rings is 3. The van der Waals surface area contributed by atoms with Gasteiger partial charge >= 0.3 is 0 Å². The van der Waals surface area contributed by atoms with Gasteiger partial charge in [-0.1, -0.05) is 48.2 Å². The normalized spacial score (nSPS) is 19.5. The molecule has 0 aliphatic carbocycles. The van der Waals surface area contributed by atoms with E-state index in [0.29, 0.717) is 92.1 Å². The Balaban J connectivity index is 0.733. The molecular weight excluding hydrogens is 907 g/mol. The molecule has 6 heterocycles.